The largest absolute Gasteiger partial charge is 0.466 e. The van der Waals surface area contributed by atoms with Crippen LogP contribution in [0.5, 0.6) is 0 Å². The van der Waals surface area contributed by atoms with Crippen LogP contribution in [0.4, 0.5) is 13.2 Å². The van der Waals surface area contributed by atoms with E-state index < -0.39 is 42.3 Å². The Morgan fingerprint density at radius 3 is 2.70 bits per heavy atom. The molecule has 20 heavy (non-hydrogen) atoms. The molecular weight excluding hydrogens is 281 g/mol. The first-order valence-electron chi connectivity index (χ1n) is 5.64. The van der Waals surface area contributed by atoms with Crippen LogP contribution < -0.4 is 10.6 Å². The molecule has 1 saturated heterocycles. The lowest BCUT2D eigenvalue weighted by Crippen LogP contribution is -2.48. The number of ether oxygens (including phenoxy) is 1. The topological polar surface area (TPSA) is 84.5 Å². The predicted octanol–water partition coefficient (Wildman–Crippen LogP) is -0.101. The second-order valence-electron chi connectivity index (χ2n) is 4.07. The molecule has 9 heteroatoms. The summed E-state index contributed by atoms with van der Waals surface area (Å²) in [6, 6.07) is -1.64. The third kappa shape index (κ3) is 4.25. The molecule has 1 rings (SSSR count). The van der Waals surface area contributed by atoms with E-state index in [4.69, 9.17) is 0 Å². The maximum atomic E-state index is 12.6. The predicted molar refractivity (Wildman–Crippen MR) is 60.3 cm³/mol. The average Bonchev–Trinajstić information content (AvgIpc) is 2.76. The number of carbonyl (C=O) groups excluding carboxylic acids is 3. The van der Waals surface area contributed by atoms with Gasteiger partial charge < -0.3 is 15.4 Å². The maximum absolute atomic E-state index is 12.6. The molecule has 0 aromatic heterocycles. The van der Waals surface area contributed by atoms with Crippen LogP contribution in [-0.2, 0) is 19.1 Å². The summed E-state index contributed by atoms with van der Waals surface area (Å²) in [5.74, 6) is -4.47. The van der Waals surface area contributed by atoms with Gasteiger partial charge >= 0.3 is 12.1 Å². The molecule has 1 aliphatic heterocycles. The van der Waals surface area contributed by atoms with E-state index in [2.05, 4.69) is 10.1 Å². The van der Waals surface area contributed by atoms with Crippen molar-refractivity contribution in [3.05, 3.63) is 12.2 Å². The van der Waals surface area contributed by atoms with Gasteiger partial charge in [-0.05, 0) is 0 Å². The molecule has 0 aromatic carbocycles. The fourth-order valence-corrected chi connectivity index (χ4v) is 1.70. The van der Waals surface area contributed by atoms with Crippen LogP contribution in [0.15, 0.2) is 12.2 Å². The molecule has 1 fully saturated rings. The van der Waals surface area contributed by atoms with Gasteiger partial charge in [0.15, 0.2) is 0 Å². The summed E-state index contributed by atoms with van der Waals surface area (Å²) in [6.07, 6.45) is -3.15. The number of carbonyl (C=O) groups is 3. The highest BCUT2D eigenvalue weighted by molar-refractivity contribution is 5.91. The highest BCUT2D eigenvalue weighted by Crippen LogP contribution is 2.34. The van der Waals surface area contributed by atoms with Crippen LogP contribution in [0.25, 0.3) is 0 Å². The van der Waals surface area contributed by atoms with Crippen LogP contribution in [0.2, 0.25) is 0 Å². The number of nitrogens with one attached hydrogen (secondary N) is 2. The third-order valence-electron chi connectivity index (χ3n) is 2.68. The Bertz CT molecular complexity index is 434. The molecule has 1 heterocycles. The number of rotatable bonds is 4. The summed E-state index contributed by atoms with van der Waals surface area (Å²) < 4.78 is 42.2. The van der Waals surface area contributed by atoms with Gasteiger partial charge in [-0.3, -0.25) is 9.59 Å². The summed E-state index contributed by atoms with van der Waals surface area (Å²) in [6.45, 7) is -0.148. The molecule has 0 bridgehead atoms. The van der Waals surface area contributed by atoms with Crippen molar-refractivity contribution in [2.45, 2.75) is 18.6 Å². The second-order valence-corrected chi connectivity index (χ2v) is 4.07. The van der Waals surface area contributed by atoms with E-state index in [1.54, 1.807) is 0 Å². The quantitative estimate of drug-likeness (QED) is 0.560. The molecule has 2 N–H and O–H groups in total. The number of esters is 1. The number of hydrogen-bond acceptors (Lipinski definition) is 4. The molecule has 6 nitrogen and oxygen atoms in total. The van der Waals surface area contributed by atoms with E-state index in [1.165, 1.54) is 6.08 Å². The Morgan fingerprint density at radius 1 is 1.50 bits per heavy atom. The van der Waals surface area contributed by atoms with E-state index in [-0.39, 0.29) is 6.54 Å². The summed E-state index contributed by atoms with van der Waals surface area (Å²) in [7, 11) is 1.16. The second kappa shape index (κ2) is 6.40. The molecule has 0 saturated carbocycles. The lowest BCUT2D eigenvalue weighted by Gasteiger charge is -2.20. The van der Waals surface area contributed by atoms with Crippen LogP contribution in [0.1, 0.15) is 6.42 Å². The number of hydrogen-bond donors (Lipinski definition) is 2. The zero-order valence-electron chi connectivity index (χ0n) is 10.5. The van der Waals surface area contributed by atoms with Gasteiger partial charge in [0, 0.05) is 19.0 Å². The minimum atomic E-state index is -4.64. The summed E-state index contributed by atoms with van der Waals surface area (Å²) in [5, 5.41) is 4.16. The van der Waals surface area contributed by atoms with E-state index in [1.807, 2.05) is 5.32 Å². The Labute approximate surface area is 112 Å². The van der Waals surface area contributed by atoms with Crippen molar-refractivity contribution >= 4 is 17.8 Å². The zero-order valence-corrected chi connectivity index (χ0v) is 10.5. The number of amides is 2. The van der Waals surface area contributed by atoms with E-state index in [9.17, 15) is 27.6 Å². The molecule has 0 radical (unpaired) electrons. The molecule has 2 unspecified atom stereocenters. The van der Waals surface area contributed by atoms with Gasteiger partial charge in [0.1, 0.15) is 6.04 Å². The fourth-order valence-electron chi connectivity index (χ4n) is 1.70. The minimum Gasteiger partial charge on any atom is -0.466 e. The van der Waals surface area contributed by atoms with E-state index in [0.29, 0.717) is 0 Å². The molecule has 1 aliphatic rings. The van der Waals surface area contributed by atoms with Gasteiger partial charge in [-0.25, -0.2) is 4.79 Å². The molecule has 2 amide bonds. The summed E-state index contributed by atoms with van der Waals surface area (Å²) in [4.78, 5) is 33.3. The first-order valence-corrected chi connectivity index (χ1v) is 5.64. The van der Waals surface area contributed by atoms with Gasteiger partial charge in [-0.2, -0.15) is 13.2 Å². The van der Waals surface area contributed by atoms with Crippen molar-refractivity contribution in [2.75, 3.05) is 13.7 Å². The average molecular weight is 294 g/mol. The Hall–Kier alpha value is -2.06. The SMILES string of the molecule is COC(=O)/C=C/CNC(=O)C1NC(=O)CC1C(F)(F)F. The molecule has 0 aliphatic carbocycles. The highest BCUT2D eigenvalue weighted by Gasteiger charge is 2.52. The number of halogens is 3. The van der Waals surface area contributed by atoms with Crippen molar-refractivity contribution < 1.29 is 32.3 Å². The first-order chi connectivity index (χ1) is 9.25. The normalized spacial score (nSPS) is 22.7. The van der Waals surface area contributed by atoms with Crippen molar-refractivity contribution in [1.29, 1.82) is 0 Å². The van der Waals surface area contributed by atoms with Crippen molar-refractivity contribution in [1.82, 2.24) is 10.6 Å². The molecule has 0 spiro atoms. The number of methoxy groups -OCH3 is 1. The van der Waals surface area contributed by atoms with Gasteiger partial charge in [0.25, 0.3) is 0 Å². The molecule has 2 atom stereocenters. The van der Waals surface area contributed by atoms with Crippen LogP contribution >= 0.6 is 0 Å². The van der Waals surface area contributed by atoms with Crippen molar-refractivity contribution in [3.63, 3.8) is 0 Å². The van der Waals surface area contributed by atoms with Gasteiger partial charge in [-0.15, -0.1) is 0 Å². The minimum absolute atomic E-state index is 0.148. The number of alkyl halides is 3. The Balaban J connectivity index is 2.56. The zero-order chi connectivity index (χ0) is 15.3. The first kappa shape index (κ1) is 16.0. The Morgan fingerprint density at radius 2 is 2.15 bits per heavy atom. The lowest BCUT2D eigenvalue weighted by atomic mass is 9.99. The highest BCUT2D eigenvalue weighted by atomic mass is 19.4. The Kier molecular flexibility index (Phi) is 5.12. The standard InChI is InChI=1S/C11H13F3N2O4/c1-20-8(18)3-2-4-15-10(19)9-6(11(12,13)14)5-7(17)16-9/h2-3,6,9H,4-5H2,1H3,(H,15,19)(H,16,17)/b3-2+. The monoisotopic (exact) mass is 294 g/mol. The molecule has 112 valence electrons. The third-order valence-corrected chi connectivity index (χ3v) is 2.68. The van der Waals surface area contributed by atoms with Crippen LogP contribution in [0, 0.1) is 5.92 Å². The fraction of sp³-hybridized carbons (Fsp3) is 0.545. The summed E-state index contributed by atoms with van der Waals surface area (Å²) >= 11 is 0. The van der Waals surface area contributed by atoms with E-state index >= 15 is 0 Å². The van der Waals surface area contributed by atoms with Crippen molar-refractivity contribution in [2.24, 2.45) is 5.92 Å². The van der Waals surface area contributed by atoms with Crippen LogP contribution in [0.3, 0.4) is 0 Å². The van der Waals surface area contributed by atoms with Gasteiger partial charge in [-0.1, -0.05) is 6.08 Å². The van der Waals surface area contributed by atoms with Crippen molar-refractivity contribution in [3.8, 4) is 0 Å². The maximum Gasteiger partial charge on any atom is 0.394 e. The lowest BCUT2D eigenvalue weighted by molar-refractivity contribution is -0.179. The summed E-state index contributed by atoms with van der Waals surface area (Å²) in [5.41, 5.74) is 0. The van der Waals surface area contributed by atoms with Gasteiger partial charge in [0.05, 0.1) is 13.0 Å². The van der Waals surface area contributed by atoms with E-state index in [0.717, 1.165) is 13.2 Å². The smallest absolute Gasteiger partial charge is 0.394 e. The molecular formula is C11H13F3N2O4. The van der Waals surface area contributed by atoms with Crippen LogP contribution in [-0.4, -0.2) is 43.7 Å². The van der Waals surface area contributed by atoms with Gasteiger partial charge in [0.2, 0.25) is 11.8 Å². The molecule has 0 aromatic rings.